The number of ether oxygens (including phenoxy) is 1. The van der Waals surface area contributed by atoms with Crippen molar-refractivity contribution in [3.05, 3.63) is 51.6 Å². The number of carbonyl (C=O) groups is 1. The smallest absolute Gasteiger partial charge is 0.272 e. The van der Waals surface area contributed by atoms with Crippen LogP contribution in [0.5, 0.6) is 5.75 Å². The minimum atomic E-state index is -0.0987. The minimum Gasteiger partial charge on any atom is -0.497 e. The maximum absolute atomic E-state index is 12.9. The van der Waals surface area contributed by atoms with Crippen LogP contribution in [0.25, 0.3) is 16.0 Å². The average molecular weight is 458 g/mol. The van der Waals surface area contributed by atoms with E-state index in [0.717, 1.165) is 29.7 Å². The minimum absolute atomic E-state index is 0.0351. The number of unbranched alkanes of at least 4 members (excludes halogenated alkanes) is 1. The zero-order valence-corrected chi connectivity index (χ0v) is 19.0. The molecule has 1 amide bonds. The molecule has 0 spiro atoms. The lowest BCUT2D eigenvalue weighted by Crippen LogP contribution is -2.25. The quantitative estimate of drug-likeness (QED) is 0.388. The second kappa shape index (κ2) is 9.52. The van der Waals surface area contributed by atoms with Gasteiger partial charge in [0, 0.05) is 13.1 Å². The lowest BCUT2D eigenvalue weighted by molar-refractivity contribution is -0.118. The van der Waals surface area contributed by atoms with Crippen LogP contribution in [-0.4, -0.2) is 37.9 Å². The molecule has 3 heterocycles. The van der Waals surface area contributed by atoms with Crippen molar-refractivity contribution < 1.29 is 9.53 Å². The maximum Gasteiger partial charge on any atom is 0.272 e. The van der Waals surface area contributed by atoms with Gasteiger partial charge in [0.15, 0.2) is 5.16 Å². The summed E-state index contributed by atoms with van der Waals surface area (Å²) in [5, 5.41) is 13.9. The van der Waals surface area contributed by atoms with Crippen LogP contribution < -0.4 is 15.6 Å². The Balaban J connectivity index is 1.50. The Hall–Kier alpha value is -2.85. The molecule has 0 fully saturated rings. The Kier molecular flexibility index (Phi) is 6.57. The molecule has 1 aromatic carbocycles. The van der Waals surface area contributed by atoms with Crippen LogP contribution in [-0.2, 0) is 17.9 Å². The third-order valence-electron chi connectivity index (χ3n) is 4.90. The molecule has 10 heteroatoms. The number of aryl methyl sites for hydroxylation is 1. The summed E-state index contributed by atoms with van der Waals surface area (Å²) in [7, 11) is 1.62. The summed E-state index contributed by atoms with van der Waals surface area (Å²) in [5.41, 5.74) is 1.74. The van der Waals surface area contributed by atoms with Gasteiger partial charge in [-0.2, -0.15) is 0 Å². The predicted molar refractivity (Wildman–Crippen MR) is 123 cm³/mol. The van der Waals surface area contributed by atoms with E-state index in [-0.39, 0.29) is 17.2 Å². The highest BCUT2D eigenvalue weighted by molar-refractivity contribution is 7.99. The number of hydrogen-bond acceptors (Lipinski definition) is 7. The van der Waals surface area contributed by atoms with Crippen molar-refractivity contribution in [3.63, 3.8) is 0 Å². The van der Waals surface area contributed by atoms with Crippen molar-refractivity contribution in [3.8, 4) is 5.75 Å². The molecule has 0 unspecified atom stereocenters. The molecule has 3 aromatic heterocycles. The zero-order valence-electron chi connectivity index (χ0n) is 17.3. The van der Waals surface area contributed by atoms with Crippen LogP contribution >= 0.6 is 23.1 Å². The van der Waals surface area contributed by atoms with Gasteiger partial charge in [0.1, 0.15) is 10.4 Å². The second-order valence-electron chi connectivity index (χ2n) is 6.98. The summed E-state index contributed by atoms with van der Waals surface area (Å²) in [5.74, 6) is 1.40. The number of hydrogen-bond donors (Lipinski definition) is 1. The maximum atomic E-state index is 12.9. The highest BCUT2D eigenvalue weighted by Gasteiger charge is 2.18. The van der Waals surface area contributed by atoms with E-state index in [9.17, 15) is 9.59 Å². The first-order chi connectivity index (χ1) is 15.1. The molecule has 4 aromatic rings. The number of amides is 1. The number of methoxy groups -OCH3 is 1. The molecule has 0 saturated heterocycles. The number of nitrogens with one attached hydrogen (secondary N) is 1. The number of thiophene rings is 1. The molecular weight excluding hydrogens is 434 g/mol. The Labute approximate surface area is 187 Å². The molecule has 0 saturated carbocycles. The van der Waals surface area contributed by atoms with Crippen molar-refractivity contribution >= 4 is 45.0 Å². The van der Waals surface area contributed by atoms with Crippen molar-refractivity contribution in [2.75, 3.05) is 12.9 Å². The van der Waals surface area contributed by atoms with E-state index in [2.05, 4.69) is 22.4 Å². The van der Waals surface area contributed by atoms with Crippen LogP contribution in [0.4, 0.5) is 0 Å². The van der Waals surface area contributed by atoms with Crippen LogP contribution in [0.2, 0.25) is 0 Å². The second-order valence-corrected chi connectivity index (χ2v) is 8.84. The molecule has 0 aliphatic rings. The molecule has 0 radical (unpaired) electrons. The molecule has 162 valence electrons. The summed E-state index contributed by atoms with van der Waals surface area (Å²) in [6.45, 7) is 3.12. The molecular formula is C21H23N5O3S2. The Bertz CT molecular complexity index is 1260. The fourth-order valence-electron chi connectivity index (χ4n) is 3.24. The summed E-state index contributed by atoms with van der Waals surface area (Å²) in [4.78, 5) is 25.2. The molecule has 4 rings (SSSR count). The largest absolute Gasteiger partial charge is 0.497 e. The average Bonchev–Trinajstić information content (AvgIpc) is 3.44. The monoisotopic (exact) mass is 457 g/mol. The van der Waals surface area contributed by atoms with E-state index < -0.39 is 0 Å². The van der Waals surface area contributed by atoms with E-state index in [1.54, 1.807) is 11.7 Å². The Morgan fingerprint density at radius 2 is 2.03 bits per heavy atom. The molecule has 0 aliphatic heterocycles. The van der Waals surface area contributed by atoms with Crippen molar-refractivity contribution in [1.82, 2.24) is 24.5 Å². The first kappa shape index (κ1) is 21.4. The highest BCUT2D eigenvalue weighted by atomic mass is 32.2. The van der Waals surface area contributed by atoms with Gasteiger partial charge in [-0.05, 0) is 35.6 Å². The number of benzene rings is 1. The van der Waals surface area contributed by atoms with Gasteiger partial charge in [0.25, 0.3) is 5.56 Å². The highest BCUT2D eigenvalue weighted by Crippen LogP contribution is 2.24. The molecule has 0 aliphatic carbocycles. The fraction of sp³-hybridized carbons (Fsp3) is 0.333. The van der Waals surface area contributed by atoms with Gasteiger partial charge >= 0.3 is 0 Å². The summed E-state index contributed by atoms with van der Waals surface area (Å²) in [6, 6.07) is 9.46. The Morgan fingerprint density at radius 1 is 1.23 bits per heavy atom. The SMILES string of the molecule is CCCCn1c(=O)c2sccc2n2c(SCC(=O)NCc3ccc(OC)cc3)nnc12. The lowest BCUT2D eigenvalue weighted by Gasteiger charge is -2.09. The van der Waals surface area contributed by atoms with E-state index in [0.29, 0.717) is 28.7 Å². The van der Waals surface area contributed by atoms with Gasteiger partial charge < -0.3 is 10.1 Å². The van der Waals surface area contributed by atoms with Gasteiger partial charge in [0.05, 0.1) is 18.4 Å². The van der Waals surface area contributed by atoms with Gasteiger partial charge in [-0.15, -0.1) is 21.5 Å². The zero-order chi connectivity index (χ0) is 21.8. The van der Waals surface area contributed by atoms with E-state index in [1.807, 2.05) is 40.1 Å². The molecule has 31 heavy (non-hydrogen) atoms. The van der Waals surface area contributed by atoms with E-state index in [4.69, 9.17) is 4.74 Å². The summed E-state index contributed by atoms with van der Waals surface area (Å²) >= 11 is 2.72. The first-order valence-corrected chi connectivity index (χ1v) is 11.9. The van der Waals surface area contributed by atoms with Crippen molar-refractivity contribution in [2.45, 2.75) is 38.0 Å². The topological polar surface area (TPSA) is 90.5 Å². The third-order valence-corrected chi connectivity index (χ3v) is 6.72. The standard InChI is InChI=1S/C21H23N5O3S2/c1-3-4-10-25-19(28)18-16(9-11-30-18)26-20(25)23-24-21(26)31-13-17(27)22-12-14-5-7-15(29-2)8-6-14/h5-9,11H,3-4,10,12-13H2,1-2H3,(H,22,27). The van der Waals surface area contributed by atoms with Crippen LogP contribution in [0.15, 0.2) is 45.7 Å². The molecule has 0 atom stereocenters. The number of thioether (sulfide) groups is 1. The third kappa shape index (κ3) is 4.45. The Morgan fingerprint density at radius 3 is 2.77 bits per heavy atom. The summed E-state index contributed by atoms with van der Waals surface area (Å²) < 4.78 is 9.38. The van der Waals surface area contributed by atoms with Crippen LogP contribution in [0.1, 0.15) is 25.3 Å². The normalized spacial score (nSPS) is 11.3. The van der Waals surface area contributed by atoms with Crippen LogP contribution in [0, 0.1) is 0 Å². The number of nitrogens with zero attached hydrogens (tertiary/aromatic N) is 4. The van der Waals surface area contributed by atoms with Crippen molar-refractivity contribution in [2.24, 2.45) is 0 Å². The number of rotatable bonds is 9. The summed E-state index contributed by atoms with van der Waals surface area (Å²) in [6.07, 6.45) is 1.86. The van der Waals surface area contributed by atoms with Gasteiger partial charge in [-0.3, -0.25) is 18.6 Å². The molecule has 8 nitrogen and oxygen atoms in total. The lowest BCUT2D eigenvalue weighted by atomic mass is 10.2. The van der Waals surface area contributed by atoms with E-state index in [1.165, 1.54) is 23.1 Å². The predicted octanol–water partition coefficient (Wildman–Crippen LogP) is 3.32. The molecule has 0 bridgehead atoms. The fourth-order valence-corrected chi connectivity index (χ4v) is 4.83. The van der Waals surface area contributed by atoms with E-state index >= 15 is 0 Å². The number of aromatic nitrogens is 4. The van der Waals surface area contributed by atoms with Crippen LogP contribution in [0.3, 0.4) is 0 Å². The van der Waals surface area contributed by atoms with Gasteiger partial charge in [-0.1, -0.05) is 37.2 Å². The van der Waals surface area contributed by atoms with Gasteiger partial charge in [-0.25, -0.2) is 0 Å². The van der Waals surface area contributed by atoms with Crippen molar-refractivity contribution in [1.29, 1.82) is 0 Å². The first-order valence-electron chi connectivity index (χ1n) is 10.00. The van der Waals surface area contributed by atoms with Gasteiger partial charge in [0.2, 0.25) is 11.7 Å². The number of carbonyl (C=O) groups excluding carboxylic acids is 1. The number of fused-ring (bicyclic) bond motifs is 3. The molecule has 1 N–H and O–H groups in total.